The highest BCUT2D eigenvalue weighted by atomic mass is 79.9. The van der Waals surface area contributed by atoms with Crippen LogP contribution in [0.25, 0.3) is 0 Å². The minimum atomic E-state index is -0.120. The van der Waals surface area contributed by atoms with Crippen LogP contribution in [0.4, 0.5) is 0 Å². The third kappa shape index (κ3) is 3.82. The number of hydrogen-bond donors (Lipinski definition) is 1. The Balaban J connectivity index is 2.14. The van der Waals surface area contributed by atoms with Crippen LogP contribution in [0, 0.1) is 0 Å². The lowest BCUT2D eigenvalue weighted by Gasteiger charge is -2.18. The zero-order chi connectivity index (χ0) is 13.7. The van der Waals surface area contributed by atoms with Crippen molar-refractivity contribution in [1.29, 1.82) is 0 Å². The number of nitrogens with two attached hydrogens (primary N) is 1. The van der Waals surface area contributed by atoms with Crippen LogP contribution in [0.2, 0.25) is 0 Å². The van der Waals surface area contributed by atoms with E-state index < -0.39 is 0 Å². The van der Waals surface area contributed by atoms with Gasteiger partial charge in [-0.2, -0.15) is 0 Å². The molecule has 3 heteroatoms. The molecular formula is C16H18BrNO. The van der Waals surface area contributed by atoms with Crippen molar-refractivity contribution >= 4 is 15.9 Å². The van der Waals surface area contributed by atoms with Crippen molar-refractivity contribution in [2.24, 2.45) is 5.73 Å². The van der Waals surface area contributed by atoms with Crippen LogP contribution in [0.5, 0.6) is 5.75 Å². The van der Waals surface area contributed by atoms with Crippen LogP contribution in [-0.2, 0) is 6.42 Å². The molecule has 2 N–H and O–H groups in total. The van der Waals surface area contributed by atoms with Gasteiger partial charge in [-0.25, -0.2) is 0 Å². The summed E-state index contributed by atoms with van der Waals surface area (Å²) < 4.78 is 6.99. The van der Waals surface area contributed by atoms with Crippen molar-refractivity contribution in [2.75, 3.05) is 6.54 Å². The monoisotopic (exact) mass is 319 g/mol. The molecule has 1 unspecified atom stereocenters. The molecule has 0 radical (unpaired) electrons. The van der Waals surface area contributed by atoms with E-state index in [9.17, 15) is 0 Å². The topological polar surface area (TPSA) is 35.2 Å². The molecule has 0 bridgehead atoms. The van der Waals surface area contributed by atoms with E-state index in [0.29, 0.717) is 6.54 Å². The molecule has 2 nitrogen and oxygen atoms in total. The minimum Gasteiger partial charge on any atom is -0.484 e. The molecule has 0 heterocycles. The molecule has 0 aliphatic rings. The molecule has 0 saturated heterocycles. The van der Waals surface area contributed by atoms with E-state index in [1.54, 1.807) is 0 Å². The zero-order valence-corrected chi connectivity index (χ0v) is 12.6. The van der Waals surface area contributed by atoms with E-state index in [4.69, 9.17) is 10.5 Å². The van der Waals surface area contributed by atoms with E-state index in [2.05, 4.69) is 35.0 Å². The lowest BCUT2D eigenvalue weighted by atomic mass is 10.1. The Morgan fingerprint density at radius 3 is 2.47 bits per heavy atom. The van der Waals surface area contributed by atoms with Crippen LogP contribution in [0.1, 0.15) is 24.2 Å². The van der Waals surface area contributed by atoms with Gasteiger partial charge < -0.3 is 10.5 Å². The predicted molar refractivity (Wildman–Crippen MR) is 82.4 cm³/mol. The molecule has 1 atom stereocenters. The highest BCUT2D eigenvalue weighted by molar-refractivity contribution is 9.10. The lowest BCUT2D eigenvalue weighted by Crippen LogP contribution is -2.18. The third-order valence-corrected chi connectivity index (χ3v) is 3.54. The SMILES string of the molecule is CCc1ccc(OC(CN)c2cccc(Br)c2)cc1. The molecule has 0 fully saturated rings. The predicted octanol–water partition coefficient (Wildman–Crippen LogP) is 4.09. The van der Waals surface area contributed by atoms with Crippen molar-refractivity contribution in [3.63, 3.8) is 0 Å². The van der Waals surface area contributed by atoms with Crippen molar-refractivity contribution in [3.05, 3.63) is 64.1 Å². The number of ether oxygens (including phenoxy) is 1. The van der Waals surface area contributed by atoms with Crippen molar-refractivity contribution in [2.45, 2.75) is 19.4 Å². The summed E-state index contributed by atoms with van der Waals surface area (Å²) in [6, 6.07) is 16.2. The first-order valence-corrected chi connectivity index (χ1v) is 7.23. The second kappa shape index (κ2) is 6.73. The Kier molecular flexibility index (Phi) is 5.00. The van der Waals surface area contributed by atoms with E-state index in [1.165, 1.54) is 5.56 Å². The van der Waals surface area contributed by atoms with Gasteiger partial charge in [0.1, 0.15) is 11.9 Å². The number of benzene rings is 2. The second-order valence-electron chi connectivity index (χ2n) is 4.39. The van der Waals surface area contributed by atoms with E-state index >= 15 is 0 Å². The van der Waals surface area contributed by atoms with Gasteiger partial charge in [0.25, 0.3) is 0 Å². The Morgan fingerprint density at radius 1 is 1.16 bits per heavy atom. The van der Waals surface area contributed by atoms with E-state index in [-0.39, 0.29) is 6.10 Å². The van der Waals surface area contributed by atoms with Gasteiger partial charge in [-0.3, -0.25) is 0 Å². The standard InChI is InChI=1S/C16H18BrNO/c1-2-12-6-8-15(9-7-12)19-16(11-18)13-4-3-5-14(17)10-13/h3-10,16H,2,11,18H2,1H3. The van der Waals surface area contributed by atoms with Crippen molar-refractivity contribution < 1.29 is 4.74 Å². The molecular weight excluding hydrogens is 302 g/mol. The molecule has 2 aromatic carbocycles. The summed E-state index contributed by atoms with van der Waals surface area (Å²) in [5.41, 5.74) is 8.20. The minimum absolute atomic E-state index is 0.120. The summed E-state index contributed by atoms with van der Waals surface area (Å²) in [6.07, 6.45) is 0.914. The first kappa shape index (κ1) is 14.1. The maximum atomic E-state index is 5.96. The molecule has 100 valence electrons. The van der Waals surface area contributed by atoms with Crippen LogP contribution in [0.15, 0.2) is 53.0 Å². The first-order chi connectivity index (χ1) is 9.22. The quantitative estimate of drug-likeness (QED) is 0.900. The Bertz CT molecular complexity index is 525. The molecule has 2 rings (SSSR count). The van der Waals surface area contributed by atoms with Crippen LogP contribution in [0.3, 0.4) is 0 Å². The lowest BCUT2D eigenvalue weighted by molar-refractivity contribution is 0.214. The zero-order valence-electron chi connectivity index (χ0n) is 11.0. The van der Waals surface area contributed by atoms with E-state index in [1.807, 2.05) is 36.4 Å². The third-order valence-electron chi connectivity index (χ3n) is 3.04. The summed E-state index contributed by atoms with van der Waals surface area (Å²) in [7, 11) is 0. The molecule has 19 heavy (non-hydrogen) atoms. The molecule has 2 aromatic rings. The molecule has 0 aliphatic heterocycles. The van der Waals surface area contributed by atoms with Gasteiger partial charge in [0.2, 0.25) is 0 Å². The summed E-state index contributed by atoms with van der Waals surface area (Å²) >= 11 is 3.47. The molecule has 0 aliphatic carbocycles. The largest absolute Gasteiger partial charge is 0.484 e. The van der Waals surface area contributed by atoms with Gasteiger partial charge in [0.15, 0.2) is 0 Å². The highest BCUT2D eigenvalue weighted by Gasteiger charge is 2.11. The van der Waals surface area contributed by atoms with Crippen LogP contribution < -0.4 is 10.5 Å². The molecule has 0 spiro atoms. The van der Waals surface area contributed by atoms with Gasteiger partial charge in [-0.1, -0.05) is 47.1 Å². The fraction of sp³-hybridized carbons (Fsp3) is 0.250. The molecule has 0 amide bonds. The van der Waals surface area contributed by atoms with Gasteiger partial charge in [0, 0.05) is 11.0 Å². The summed E-state index contributed by atoms with van der Waals surface area (Å²) in [6.45, 7) is 2.59. The normalized spacial score (nSPS) is 12.2. The number of aryl methyl sites for hydroxylation is 1. The first-order valence-electron chi connectivity index (χ1n) is 6.44. The maximum Gasteiger partial charge on any atom is 0.136 e. The van der Waals surface area contributed by atoms with Crippen molar-refractivity contribution in [1.82, 2.24) is 0 Å². The van der Waals surface area contributed by atoms with Gasteiger partial charge in [-0.05, 0) is 41.8 Å². The highest BCUT2D eigenvalue weighted by Crippen LogP contribution is 2.24. The smallest absolute Gasteiger partial charge is 0.136 e. The number of halogens is 1. The maximum absolute atomic E-state index is 5.96. The van der Waals surface area contributed by atoms with E-state index in [0.717, 1.165) is 22.2 Å². The Labute approximate surface area is 122 Å². The summed E-state index contributed by atoms with van der Waals surface area (Å²) in [4.78, 5) is 0. The summed E-state index contributed by atoms with van der Waals surface area (Å²) in [5, 5.41) is 0. The fourth-order valence-electron chi connectivity index (χ4n) is 1.93. The van der Waals surface area contributed by atoms with Crippen LogP contribution in [-0.4, -0.2) is 6.54 Å². The number of hydrogen-bond acceptors (Lipinski definition) is 2. The second-order valence-corrected chi connectivity index (χ2v) is 5.31. The average Bonchev–Trinajstić information content (AvgIpc) is 2.45. The Hall–Kier alpha value is -1.32. The fourth-order valence-corrected chi connectivity index (χ4v) is 2.34. The van der Waals surface area contributed by atoms with Gasteiger partial charge in [-0.15, -0.1) is 0 Å². The summed E-state index contributed by atoms with van der Waals surface area (Å²) in [5.74, 6) is 0.854. The number of rotatable bonds is 5. The molecule has 0 aromatic heterocycles. The molecule has 0 saturated carbocycles. The Morgan fingerprint density at radius 2 is 1.89 bits per heavy atom. The van der Waals surface area contributed by atoms with Crippen LogP contribution >= 0.6 is 15.9 Å². The van der Waals surface area contributed by atoms with Crippen molar-refractivity contribution in [3.8, 4) is 5.75 Å². The van der Waals surface area contributed by atoms with Gasteiger partial charge in [0.05, 0.1) is 0 Å². The van der Waals surface area contributed by atoms with Gasteiger partial charge >= 0.3 is 0 Å². The average molecular weight is 320 g/mol.